The highest BCUT2D eigenvalue weighted by Crippen LogP contribution is 2.25. The fourth-order valence-corrected chi connectivity index (χ4v) is 2.20. The van der Waals surface area contributed by atoms with E-state index in [9.17, 15) is 4.39 Å². The first-order valence-corrected chi connectivity index (χ1v) is 6.77. The number of rotatable bonds is 5. The zero-order chi connectivity index (χ0) is 13.7. The molecule has 2 aromatic rings. The topological polar surface area (TPSA) is 12.0 Å². The van der Waals surface area contributed by atoms with Gasteiger partial charge in [-0.3, -0.25) is 0 Å². The van der Waals surface area contributed by atoms with Crippen LogP contribution in [0.2, 0.25) is 0 Å². The fraction of sp³-hybridized carbons (Fsp3) is 0.294. The Bertz CT molecular complexity index is 549. The third kappa shape index (κ3) is 3.65. The summed E-state index contributed by atoms with van der Waals surface area (Å²) in [5.41, 5.74) is 4.48. The van der Waals surface area contributed by atoms with E-state index in [1.165, 1.54) is 11.6 Å². The van der Waals surface area contributed by atoms with Crippen LogP contribution < -0.4 is 5.32 Å². The molecule has 0 aliphatic heterocycles. The number of aryl methyl sites for hydroxylation is 1. The standard InChI is InChI=1S/C17H20FN/c1-3-9-19-12-15-11-16(18)7-8-17(15)14-6-4-5-13(2)10-14/h4-8,10-11,19H,3,9,12H2,1-2H3. The van der Waals surface area contributed by atoms with Gasteiger partial charge in [0.15, 0.2) is 0 Å². The van der Waals surface area contributed by atoms with Crippen molar-refractivity contribution in [3.05, 3.63) is 59.4 Å². The summed E-state index contributed by atoms with van der Waals surface area (Å²) >= 11 is 0. The van der Waals surface area contributed by atoms with E-state index < -0.39 is 0 Å². The molecule has 0 aliphatic rings. The molecular weight excluding hydrogens is 237 g/mol. The lowest BCUT2D eigenvalue weighted by molar-refractivity contribution is 0.619. The molecular formula is C17H20FN. The second-order valence-corrected chi connectivity index (χ2v) is 4.85. The second-order valence-electron chi connectivity index (χ2n) is 4.85. The second kappa shape index (κ2) is 6.48. The van der Waals surface area contributed by atoms with Crippen LogP contribution in [0.4, 0.5) is 4.39 Å². The molecule has 100 valence electrons. The Kier molecular flexibility index (Phi) is 4.69. The molecule has 19 heavy (non-hydrogen) atoms. The van der Waals surface area contributed by atoms with E-state index in [0.717, 1.165) is 29.7 Å². The summed E-state index contributed by atoms with van der Waals surface area (Å²) in [5.74, 6) is -0.176. The summed E-state index contributed by atoms with van der Waals surface area (Å²) in [6.07, 6.45) is 1.08. The van der Waals surface area contributed by atoms with Crippen LogP contribution >= 0.6 is 0 Å². The van der Waals surface area contributed by atoms with E-state index in [-0.39, 0.29) is 5.82 Å². The number of hydrogen-bond acceptors (Lipinski definition) is 1. The number of halogens is 1. The molecule has 2 rings (SSSR count). The molecule has 1 N–H and O–H groups in total. The lowest BCUT2D eigenvalue weighted by Crippen LogP contribution is -2.14. The Balaban J connectivity index is 2.33. The minimum atomic E-state index is -0.176. The predicted octanol–water partition coefficient (Wildman–Crippen LogP) is 4.30. The largest absolute Gasteiger partial charge is 0.313 e. The van der Waals surface area contributed by atoms with E-state index >= 15 is 0 Å². The van der Waals surface area contributed by atoms with Crippen molar-refractivity contribution in [2.24, 2.45) is 0 Å². The molecule has 0 fully saturated rings. The third-order valence-electron chi connectivity index (χ3n) is 3.14. The van der Waals surface area contributed by atoms with E-state index in [1.807, 2.05) is 12.1 Å². The minimum Gasteiger partial charge on any atom is -0.313 e. The molecule has 0 heterocycles. The van der Waals surface area contributed by atoms with Crippen molar-refractivity contribution in [2.75, 3.05) is 6.54 Å². The molecule has 0 radical (unpaired) electrons. The molecule has 0 saturated carbocycles. The van der Waals surface area contributed by atoms with Crippen molar-refractivity contribution in [1.29, 1.82) is 0 Å². The first kappa shape index (κ1) is 13.8. The van der Waals surface area contributed by atoms with Crippen molar-refractivity contribution in [2.45, 2.75) is 26.8 Å². The monoisotopic (exact) mass is 257 g/mol. The van der Waals surface area contributed by atoms with Crippen LogP contribution in [0.15, 0.2) is 42.5 Å². The number of hydrogen-bond donors (Lipinski definition) is 1. The summed E-state index contributed by atoms with van der Waals surface area (Å²) in [5, 5.41) is 3.34. The minimum absolute atomic E-state index is 0.176. The van der Waals surface area contributed by atoms with Gasteiger partial charge in [-0.25, -0.2) is 4.39 Å². The molecule has 1 nitrogen and oxygen atoms in total. The van der Waals surface area contributed by atoms with Crippen molar-refractivity contribution in [1.82, 2.24) is 5.32 Å². The van der Waals surface area contributed by atoms with Crippen LogP contribution in [0, 0.1) is 12.7 Å². The lowest BCUT2D eigenvalue weighted by Gasteiger charge is -2.11. The van der Waals surface area contributed by atoms with Crippen LogP contribution in [0.5, 0.6) is 0 Å². The first-order chi connectivity index (χ1) is 9.20. The molecule has 0 aliphatic carbocycles. The summed E-state index contributed by atoms with van der Waals surface area (Å²) in [6, 6.07) is 13.3. The average molecular weight is 257 g/mol. The van der Waals surface area contributed by atoms with E-state index in [2.05, 4.69) is 37.4 Å². The van der Waals surface area contributed by atoms with Crippen LogP contribution in [-0.4, -0.2) is 6.54 Å². The van der Waals surface area contributed by atoms with Crippen molar-refractivity contribution in [3.63, 3.8) is 0 Å². The maximum Gasteiger partial charge on any atom is 0.123 e. The Morgan fingerprint density at radius 2 is 1.95 bits per heavy atom. The van der Waals surface area contributed by atoms with Crippen LogP contribution in [0.3, 0.4) is 0 Å². The highest BCUT2D eigenvalue weighted by molar-refractivity contribution is 5.68. The molecule has 2 aromatic carbocycles. The van der Waals surface area contributed by atoms with Crippen LogP contribution in [-0.2, 0) is 6.54 Å². The summed E-state index contributed by atoms with van der Waals surface area (Å²) in [4.78, 5) is 0. The van der Waals surface area contributed by atoms with Crippen LogP contribution in [0.25, 0.3) is 11.1 Å². The van der Waals surface area contributed by atoms with Gasteiger partial charge in [0.05, 0.1) is 0 Å². The molecule has 0 saturated heterocycles. The zero-order valence-electron chi connectivity index (χ0n) is 11.5. The van der Waals surface area contributed by atoms with Crippen molar-refractivity contribution >= 4 is 0 Å². The molecule has 0 amide bonds. The zero-order valence-corrected chi connectivity index (χ0v) is 11.5. The van der Waals surface area contributed by atoms with Gasteiger partial charge in [-0.2, -0.15) is 0 Å². The fourth-order valence-electron chi connectivity index (χ4n) is 2.20. The average Bonchev–Trinajstić information content (AvgIpc) is 2.39. The van der Waals surface area contributed by atoms with Gasteiger partial charge in [0, 0.05) is 6.54 Å². The van der Waals surface area contributed by atoms with Crippen molar-refractivity contribution < 1.29 is 4.39 Å². The number of nitrogens with one attached hydrogen (secondary N) is 1. The van der Waals surface area contributed by atoms with Gasteiger partial charge < -0.3 is 5.32 Å². The summed E-state index contributed by atoms with van der Waals surface area (Å²) in [7, 11) is 0. The Hall–Kier alpha value is -1.67. The number of benzene rings is 2. The van der Waals surface area contributed by atoms with Gasteiger partial charge in [0.1, 0.15) is 5.82 Å². The molecule has 0 unspecified atom stereocenters. The van der Waals surface area contributed by atoms with E-state index in [4.69, 9.17) is 0 Å². The summed E-state index contributed by atoms with van der Waals surface area (Å²) in [6.45, 7) is 5.85. The predicted molar refractivity (Wildman–Crippen MR) is 78.6 cm³/mol. The Labute approximate surface area is 114 Å². The Morgan fingerprint density at radius 3 is 2.68 bits per heavy atom. The normalized spacial score (nSPS) is 10.7. The van der Waals surface area contributed by atoms with E-state index in [0.29, 0.717) is 6.54 Å². The third-order valence-corrected chi connectivity index (χ3v) is 3.14. The first-order valence-electron chi connectivity index (χ1n) is 6.77. The SMILES string of the molecule is CCCNCc1cc(F)ccc1-c1cccc(C)c1. The van der Waals surface area contributed by atoms with E-state index in [1.54, 1.807) is 6.07 Å². The van der Waals surface area contributed by atoms with Gasteiger partial charge in [-0.1, -0.05) is 42.8 Å². The molecule has 0 aromatic heterocycles. The Morgan fingerprint density at radius 1 is 1.11 bits per heavy atom. The highest BCUT2D eigenvalue weighted by Gasteiger charge is 2.06. The smallest absolute Gasteiger partial charge is 0.123 e. The molecule has 0 spiro atoms. The molecule has 0 bridgehead atoms. The maximum atomic E-state index is 13.4. The van der Waals surface area contributed by atoms with Gasteiger partial charge in [0.25, 0.3) is 0 Å². The van der Waals surface area contributed by atoms with Gasteiger partial charge in [-0.15, -0.1) is 0 Å². The van der Waals surface area contributed by atoms with Gasteiger partial charge in [0.2, 0.25) is 0 Å². The van der Waals surface area contributed by atoms with Gasteiger partial charge >= 0.3 is 0 Å². The maximum absolute atomic E-state index is 13.4. The lowest BCUT2D eigenvalue weighted by atomic mass is 9.98. The molecule has 0 atom stereocenters. The quantitative estimate of drug-likeness (QED) is 0.787. The van der Waals surface area contributed by atoms with Crippen molar-refractivity contribution in [3.8, 4) is 11.1 Å². The summed E-state index contributed by atoms with van der Waals surface area (Å²) < 4.78 is 13.4. The molecule has 2 heteroatoms. The highest BCUT2D eigenvalue weighted by atomic mass is 19.1. The van der Waals surface area contributed by atoms with Crippen LogP contribution in [0.1, 0.15) is 24.5 Å². The van der Waals surface area contributed by atoms with Gasteiger partial charge in [-0.05, 0) is 48.7 Å².